The van der Waals surface area contributed by atoms with Gasteiger partial charge in [0.15, 0.2) is 0 Å². The molecule has 0 saturated heterocycles. The van der Waals surface area contributed by atoms with Crippen LogP contribution in [0.5, 0.6) is 0 Å². The van der Waals surface area contributed by atoms with Crippen LogP contribution < -0.4 is 5.32 Å². The van der Waals surface area contributed by atoms with Crippen LogP contribution in [0, 0.1) is 5.82 Å². The fraction of sp³-hybridized carbons (Fsp3) is 0.250. The van der Waals surface area contributed by atoms with Crippen molar-refractivity contribution in [1.82, 2.24) is 14.6 Å². The Kier molecular flexibility index (Phi) is 5.32. The summed E-state index contributed by atoms with van der Waals surface area (Å²) in [5, 5.41) is 13.8. The molecule has 144 valence electrons. The van der Waals surface area contributed by atoms with E-state index >= 15 is 0 Å². The van der Waals surface area contributed by atoms with Gasteiger partial charge in [0, 0.05) is 6.42 Å². The first-order chi connectivity index (χ1) is 13.6. The van der Waals surface area contributed by atoms with Crippen molar-refractivity contribution in [2.24, 2.45) is 0 Å². The van der Waals surface area contributed by atoms with E-state index in [1.165, 1.54) is 17.8 Å². The number of thioether (sulfide) groups is 1. The first kappa shape index (κ1) is 18.9. The minimum Gasteiger partial charge on any atom is -0.323 e. The van der Waals surface area contributed by atoms with Gasteiger partial charge in [-0.25, -0.2) is 4.39 Å². The second-order valence-electron chi connectivity index (χ2n) is 6.29. The number of benzene rings is 1. The Morgan fingerprint density at radius 3 is 2.82 bits per heavy atom. The Morgan fingerprint density at radius 1 is 1.25 bits per heavy atom. The lowest BCUT2D eigenvalue weighted by Gasteiger charge is -2.15. The van der Waals surface area contributed by atoms with Crippen LogP contribution in [0.15, 0.2) is 46.8 Å². The van der Waals surface area contributed by atoms with E-state index in [1.54, 1.807) is 29.5 Å². The summed E-state index contributed by atoms with van der Waals surface area (Å²) in [7, 11) is 0. The monoisotopic (exact) mass is 414 g/mol. The summed E-state index contributed by atoms with van der Waals surface area (Å²) in [4.78, 5) is 12.7. The van der Waals surface area contributed by atoms with Gasteiger partial charge in [-0.1, -0.05) is 37.7 Å². The maximum Gasteiger partial charge on any atom is 0.237 e. The molecule has 3 aromatic heterocycles. The van der Waals surface area contributed by atoms with Crippen molar-refractivity contribution in [3.8, 4) is 0 Å². The van der Waals surface area contributed by atoms with Crippen molar-refractivity contribution in [2.45, 2.75) is 37.0 Å². The molecule has 8 heteroatoms. The molecule has 1 atom stereocenters. The van der Waals surface area contributed by atoms with Gasteiger partial charge in [0.2, 0.25) is 5.91 Å². The Bertz CT molecular complexity index is 1150. The minimum absolute atomic E-state index is 0.187. The molecule has 0 aliphatic heterocycles. The number of carbonyl (C=O) groups excluding carboxylic acids is 1. The quantitative estimate of drug-likeness (QED) is 0.443. The highest BCUT2D eigenvalue weighted by Gasteiger charge is 2.23. The highest BCUT2D eigenvalue weighted by atomic mass is 32.2. The number of halogens is 1. The van der Waals surface area contributed by atoms with E-state index in [4.69, 9.17) is 0 Å². The van der Waals surface area contributed by atoms with Crippen LogP contribution in [0.3, 0.4) is 0 Å². The third-order valence-electron chi connectivity index (χ3n) is 4.52. The topological polar surface area (TPSA) is 59.3 Å². The summed E-state index contributed by atoms with van der Waals surface area (Å²) in [6.45, 7) is 3.98. The number of carbonyl (C=O) groups is 1. The summed E-state index contributed by atoms with van der Waals surface area (Å²) < 4.78 is 17.1. The van der Waals surface area contributed by atoms with Crippen molar-refractivity contribution in [3.05, 3.63) is 53.4 Å². The average Bonchev–Trinajstić information content (AvgIpc) is 3.29. The minimum atomic E-state index is -0.447. The molecule has 1 N–H and O–H groups in total. The van der Waals surface area contributed by atoms with E-state index in [-0.39, 0.29) is 11.6 Å². The molecule has 0 aliphatic carbocycles. The molecule has 0 spiro atoms. The van der Waals surface area contributed by atoms with Gasteiger partial charge in [0.1, 0.15) is 16.7 Å². The van der Waals surface area contributed by atoms with Crippen LogP contribution >= 0.6 is 23.1 Å². The number of anilines is 1. The number of amides is 1. The van der Waals surface area contributed by atoms with Gasteiger partial charge in [-0.15, -0.1) is 21.5 Å². The standard InChI is InChI=1S/C20H19FN4OS2/c1-3-16(19(26)22-13-8-6-5-7-12(13)21)28-20-15-11-17-14(9-10-27-17)25(15)18(4-2)23-24-20/h5-11,16H,3-4H2,1-2H3,(H,22,26)/t16-/m1/s1. The van der Waals surface area contributed by atoms with Gasteiger partial charge >= 0.3 is 0 Å². The fourth-order valence-corrected chi connectivity index (χ4v) is 4.87. The summed E-state index contributed by atoms with van der Waals surface area (Å²) in [5.41, 5.74) is 2.25. The van der Waals surface area contributed by atoms with Gasteiger partial charge in [0.05, 0.1) is 26.7 Å². The van der Waals surface area contributed by atoms with Crippen LogP contribution in [0.2, 0.25) is 0 Å². The third kappa shape index (κ3) is 3.38. The van der Waals surface area contributed by atoms with Crippen LogP contribution in [0.1, 0.15) is 26.1 Å². The molecular weight excluding hydrogens is 395 g/mol. The zero-order valence-electron chi connectivity index (χ0n) is 15.5. The fourth-order valence-electron chi connectivity index (χ4n) is 3.11. The maximum atomic E-state index is 13.9. The summed E-state index contributed by atoms with van der Waals surface area (Å²) in [5.74, 6) is 0.194. The first-order valence-corrected chi connectivity index (χ1v) is 10.8. The number of nitrogens with one attached hydrogen (secondary N) is 1. The summed E-state index contributed by atoms with van der Waals surface area (Å²) in [6, 6.07) is 10.3. The zero-order chi connectivity index (χ0) is 19.7. The van der Waals surface area contributed by atoms with Crippen LogP contribution in [-0.4, -0.2) is 25.8 Å². The molecule has 0 aliphatic rings. The molecule has 1 amide bonds. The molecule has 0 radical (unpaired) electrons. The number of aryl methyl sites for hydroxylation is 1. The Morgan fingerprint density at radius 2 is 2.07 bits per heavy atom. The normalized spacial score (nSPS) is 12.5. The number of rotatable bonds is 6. The van der Waals surface area contributed by atoms with Gasteiger partial charge in [-0.2, -0.15) is 0 Å². The third-order valence-corrected chi connectivity index (χ3v) is 6.72. The largest absolute Gasteiger partial charge is 0.323 e. The molecule has 0 bridgehead atoms. The number of thiophene rings is 1. The molecule has 5 nitrogen and oxygen atoms in total. The number of nitrogens with zero attached hydrogens (tertiary/aromatic N) is 3. The number of aromatic nitrogens is 3. The Hall–Kier alpha value is -2.45. The van der Waals surface area contributed by atoms with Crippen molar-refractivity contribution in [1.29, 1.82) is 0 Å². The predicted molar refractivity (Wildman–Crippen MR) is 113 cm³/mol. The zero-order valence-corrected chi connectivity index (χ0v) is 17.1. The van der Waals surface area contributed by atoms with Crippen molar-refractivity contribution < 1.29 is 9.18 Å². The second-order valence-corrected chi connectivity index (χ2v) is 8.43. The molecule has 28 heavy (non-hydrogen) atoms. The van der Waals surface area contributed by atoms with Crippen LogP contribution in [0.4, 0.5) is 10.1 Å². The molecule has 4 rings (SSSR count). The highest BCUT2D eigenvalue weighted by Crippen LogP contribution is 2.34. The van der Waals surface area contributed by atoms with E-state index in [0.717, 1.165) is 28.0 Å². The second kappa shape index (κ2) is 7.89. The summed E-state index contributed by atoms with van der Waals surface area (Å²) >= 11 is 3.03. The Balaban J connectivity index is 1.66. The number of fused-ring (bicyclic) bond motifs is 3. The SMILES string of the molecule is CCc1nnc(S[C@H](CC)C(=O)Nc2ccccc2F)c2cc3sccc3n12. The van der Waals surface area contributed by atoms with E-state index < -0.39 is 11.1 Å². The molecular formula is C20H19FN4OS2. The summed E-state index contributed by atoms with van der Waals surface area (Å²) in [6.07, 6.45) is 1.35. The van der Waals surface area contributed by atoms with Gasteiger partial charge in [0.25, 0.3) is 0 Å². The lowest BCUT2D eigenvalue weighted by Crippen LogP contribution is -2.25. The molecule has 1 aromatic carbocycles. The van der Waals surface area contributed by atoms with Crippen molar-refractivity contribution in [2.75, 3.05) is 5.32 Å². The van der Waals surface area contributed by atoms with Crippen LogP contribution in [-0.2, 0) is 11.2 Å². The molecule has 0 fully saturated rings. The molecule has 0 unspecified atom stereocenters. The van der Waals surface area contributed by atoms with Crippen molar-refractivity contribution in [3.63, 3.8) is 0 Å². The van der Waals surface area contributed by atoms with E-state index in [2.05, 4.69) is 37.4 Å². The van der Waals surface area contributed by atoms with Gasteiger partial charge < -0.3 is 5.32 Å². The Labute approximate surface area is 170 Å². The average molecular weight is 415 g/mol. The molecule has 4 aromatic rings. The maximum absolute atomic E-state index is 13.9. The predicted octanol–water partition coefficient (Wildman–Crippen LogP) is 5.15. The highest BCUT2D eigenvalue weighted by molar-refractivity contribution is 8.00. The van der Waals surface area contributed by atoms with Gasteiger partial charge in [-0.05, 0) is 36.1 Å². The van der Waals surface area contributed by atoms with Crippen molar-refractivity contribution >= 4 is 50.4 Å². The van der Waals surface area contributed by atoms with Gasteiger partial charge in [-0.3, -0.25) is 9.20 Å². The molecule has 0 saturated carbocycles. The van der Waals surface area contributed by atoms with Crippen LogP contribution in [0.25, 0.3) is 15.7 Å². The lowest BCUT2D eigenvalue weighted by molar-refractivity contribution is -0.115. The van der Waals surface area contributed by atoms with E-state index in [1.807, 2.05) is 13.8 Å². The number of hydrogen-bond acceptors (Lipinski definition) is 5. The number of para-hydroxylation sites is 1. The lowest BCUT2D eigenvalue weighted by atomic mass is 10.2. The molecule has 3 heterocycles. The smallest absolute Gasteiger partial charge is 0.237 e. The van der Waals surface area contributed by atoms with E-state index in [0.29, 0.717) is 11.4 Å². The first-order valence-electron chi connectivity index (χ1n) is 9.08. The number of hydrogen-bond donors (Lipinski definition) is 1. The van der Waals surface area contributed by atoms with E-state index in [9.17, 15) is 9.18 Å².